The highest BCUT2D eigenvalue weighted by atomic mass is 127. The van der Waals surface area contributed by atoms with Crippen molar-refractivity contribution in [3.8, 4) is 11.5 Å². The van der Waals surface area contributed by atoms with Gasteiger partial charge in [-0.2, -0.15) is 0 Å². The van der Waals surface area contributed by atoms with Gasteiger partial charge in [-0.05, 0) is 136 Å². The molecule has 0 unspecified atom stereocenters. The number of hydrogen-bond donors (Lipinski definition) is 2. The quantitative estimate of drug-likeness (QED) is 0.160. The summed E-state index contributed by atoms with van der Waals surface area (Å²) in [4.78, 5) is 9.04. The Bertz CT molecular complexity index is 1300. The minimum atomic E-state index is 0.259. The lowest BCUT2D eigenvalue weighted by Crippen LogP contribution is -1.89. The van der Waals surface area contributed by atoms with Crippen LogP contribution in [-0.2, 0) is 6.42 Å². The summed E-state index contributed by atoms with van der Waals surface area (Å²) >= 11 is 4.26. The third-order valence-electron chi connectivity index (χ3n) is 5.46. The van der Waals surface area contributed by atoms with Crippen molar-refractivity contribution in [3.63, 3.8) is 0 Å². The van der Waals surface area contributed by atoms with Crippen molar-refractivity contribution >= 4 is 69.0 Å². The van der Waals surface area contributed by atoms with E-state index >= 15 is 0 Å². The summed E-state index contributed by atoms with van der Waals surface area (Å²) in [6.07, 6.45) is 4.22. The first-order valence-corrected chi connectivity index (χ1v) is 13.2. The van der Waals surface area contributed by atoms with Crippen LogP contribution in [0.15, 0.2) is 82.8 Å². The number of phenols is 2. The van der Waals surface area contributed by atoms with Gasteiger partial charge in [0.1, 0.15) is 11.5 Å². The molecule has 0 spiro atoms. The minimum absolute atomic E-state index is 0.259. The van der Waals surface area contributed by atoms with E-state index < -0.39 is 0 Å². The smallest absolute Gasteiger partial charge is 0.137 e. The summed E-state index contributed by atoms with van der Waals surface area (Å²) in [6, 6.07) is 23.9. The van der Waals surface area contributed by atoms with Gasteiger partial charge in [-0.1, -0.05) is 24.3 Å². The Morgan fingerprint density at radius 3 is 1.37 bits per heavy atom. The van der Waals surface area contributed by atoms with Crippen molar-refractivity contribution in [3.05, 3.63) is 113 Å². The summed E-state index contributed by atoms with van der Waals surface area (Å²) in [7, 11) is 0. The van der Waals surface area contributed by atoms with Gasteiger partial charge in [0, 0.05) is 23.6 Å². The molecule has 4 nitrogen and oxygen atoms in total. The number of benzene rings is 4. The number of rotatable bonds is 6. The highest BCUT2D eigenvalue weighted by Gasteiger charge is 2.06. The molecular formula is C29H24I2N2O2. The number of halogens is 2. The first-order valence-electron chi connectivity index (χ1n) is 11.0. The van der Waals surface area contributed by atoms with Crippen molar-refractivity contribution in [2.45, 2.75) is 20.3 Å². The molecule has 0 bridgehead atoms. The van der Waals surface area contributed by atoms with Crippen LogP contribution in [0.5, 0.6) is 11.5 Å². The van der Waals surface area contributed by atoms with Crippen molar-refractivity contribution in [1.29, 1.82) is 0 Å². The van der Waals surface area contributed by atoms with Gasteiger partial charge in [-0.25, -0.2) is 0 Å². The predicted octanol–water partition coefficient (Wildman–Crippen LogP) is 8.02. The normalized spacial score (nSPS) is 11.5. The van der Waals surface area contributed by atoms with Crippen molar-refractivity contribution in [2.24, 2.45) is 9.98 Å². The Morgan fingerprint density at radius 1 is 0.629 bits per heavy atom. The van der Waals surface area contributed by atoms with E-state index in [1.54, 1.807) is 12.4 Å². The molecule has 0 atom stereocenters. The molecule has 0 aliphatic carbocycles. The molecular weight excluding hydrogens is 662 g/mol. The molecule has 0 aliphatic heterocycles. The van der Waals surface area contributed by atoms with Crippen LogP contribution in [-0.4, -0.2) is 22.6 Å². The molecule has 6 heteroatoms. The van der Waals surface area contributed by atoms with Gasteiger partial charge in [0.2, 0.25) is 0 Å². The van der Waals surface area contributed by atoms with Gasteiger partial charge in [-0.15, -0.1) is 0 Å². The van der Waals surface area contributed by atoms with Gasteiger partial charge in [-0.3, -0.25) is 9.98 Å². The maximum absolute atomic E-state index is 10.2. The average Bonchev–Trinajstić information content (AvgIpc) is 2.83. The predicted molar refractivity (Wildman–Crippen MR) is 161 cm³/mol. The van der Waals surface area contributed by atoms with E-state index in [1.165, 1.54) is 11.1 Å². The lowest BCUT2D eigenvalue weighted by molar-refractivity contribution is 0.470. The van der Waals surface area contributed by atoms with Crippen molar-refractivity contribution in [2.75, 3.05) is 0 Å². The molecule has 0 saturated carbocycles. The van der Waals surface area contributed by atoms with Crippen LogP contribution in [0.2, 0.25) is 0 Å². The molecule has 0 fully saturated rings. The number of aryl methyl sites for hydroxylation is 2. The van der Waals surface area contributed by atoms with Crippen LogP contribution < -0.4 is 0 Å². The average molecular weight is 686 g/mol. The van der Waals surface area contributed by atoms with E-state index in [0.29, 0.717) is 11.1 Å². The fraction of sp³-hybridized carbons (Fsp3) is 0.103. The van der Waals surface area contributed by atoms with Crippen LogP contribution in [0, 0.1) is 21.0 Å². The van der Waals surface area contributed by atoms with E-state index in [9.17, 15) is 10.2 Å². The SMILES string of the molecule is Cc1cc(I)c(O)c(C=Nc2ccc(Cc3ccc(N=Cc4cc(C)cc(I)c4O)cc3)cc2)c1. The molecule has 4 aromatic rings. The Balaban J connectivity index is 1.40. The topological polar surface area (TPSA) is 65.2 Å². The summed E-state index contributed by atoms with van der Waals surface area (Å²) in [5, 5.41) is 20.5. The number of nitrogens with zero attached hydrogens (tertiary/aromatic N) is 2. The third kappa shape index (κ3) is 6.70. The molecule has 4 rings (SSSR count). The van der Waals surface area contributed by atoms with E-state index in [0.717, 1.165) is 36.1 Å². The van der Waals surface area contributed by atoms with Crippen LogP contribution >= 0.6 is 45.2 Å². The van der Waals surface area contributed by atoms with Gasteiger partial charge in [0.15, 0.2) is 0 Å². The van der Waals surface area contributed by atoms with Crippen LogP contribution in [0.25, 0.3) is 0 Å². The molecule has 0 aromatic heterocycles. The second-order valence-corrected chi connectivity index (χ2v) is 10.7. The molecule has 35 heavy (non-hydrogen) atoms. The van der Waals surface area contributed by atoms with E-state index in [-0.39, 0.29) is 11.5 Å². The Kier molecular flexibility index (Phi) is 8.22. The van der Waals surface area contributed by atoms with Crippen molar-refractivity contribution < 1.29 is 10.2 Å². The summed E-state index contributed by atoms with van der Waals surface area (Å²) in [6.45, 7) is 4.00. The van der Waals surface area contributed by atoms with Gasteiger partial charge >= 0.3 is 0 Å². The van der Waals surface area contributed by atoms with Gasteiger partial charge < -0.3 is 10.2 Å². The summed E-state index contributed by atoms with van der Waals surface area (Å²) in [5.74, 6) is 0.518. The number of aliphatic imine (C=N–C) groups is 2. The lowest BCUT2D eigenvalue weighted by Gasteiger charge is -2.05. The van der Waals surface area contributed by atoms with Gasteiger partial charge in [0.05, 0.1) is 18.5 Å². The van der Waals surface area contributed by atoms with Crippen molar-refractivity contribution in [1.82, 2.24) is 0 Å². The maximum Gasteiger partial charge on any atom is 0.137 e. The van der Waals surface area contributed by atoms with Crippen LogP contribution in [0.1, 0.15) is 33.4 Å². The van der Waals surface area contributed by atoms with E-state index in [4.69, 9.17) is 0 Å². The maximum atomic E-state index is 10.2. The van der Waals surface area contributed by atoms with Crippen LogP contribution in [0.4, 0.5) is 11.4 Å². The molecule has 0 radical (unpaired) electrons. The molecule has 4 aromatic carbocycles. The fourth-order valence-electron chi connectivity index (χ4n) is 3.64. The second kappa shape index (κ2) is 11.3. The number of hydrogen-bond acceptors (Lipinski definition) is 4. The molecule has 0 saturated heterocycles. The molecule has 176 valence electrons. The Morgan fingerprint density at radius 2 is 1.00 bits per heavy atom. The first-order chi connectivity index (χ1) is 16.8. The summed E-state index contributed by atoms with van der Waals surface area (Å²) in [5.41, 5.74) is 7.65. The zero-order valence-electron chi connectivity index (χ0n) is 19.3. The second-order valence-electron chi connectivity index (χ2n) is 8.40. The Hall–Kier alpha value is -2.72. The minimum Gasteiger partial charge on any atom is -0.506 e. The van der Waals surface area contributed by atoms with Crippen LogP contribution in [0.3, 0.4) is 0 Å². The molecule has 0 amide bonds. The fourth-order valence-corrected chi connectivity index (χ4v) is 5.25. The van der Waals surface area contributed by atoms with E-state index in [1.807, 2.05) is 62.4 Å². The third-order valence-corrected chi connectivity index (χ3v) is 7.11. The molecule has 2 N–H and O–H groups in total. The highest BCUT2D eigenvalue weighted by molar-refractivity contribution is 14.1. The standard InChI is InChI=1S/C29H24I2N2O2/c1-18-11-22(28(34)26(30)13-18)16-32-24-7-3-20(4-8-24)15-21-5-9-25(10-6-21)33-17-23-12-19(2)14-27(31)29(23)35/h3-14,16-17,34-35H,15H2,1-2H3. The number of aromatic hydroxyl groups is 2. The largest absolute Gasteiger partial charge is 0.506 e. The zero-order chi connectivity index (χ0) is 24.9. The van der Waals surface area contributed by atoms with Gasteiger partial charge in [0.25, 0.3) is 0 Å². The lowest BCUT2D eigenvalue weighted by atomic mass is 10.0. The zero-order valence-corrected chi connectivity index (χ0v) is 23.6. The number of phenolic OH excluding ortho intramolecular Hbond substituents is 2. The van der Waals surface area contributed by atoms with E-state index in [2.05, 4.69) is 79.4 Å². The Labute approximate surface area is 232 Å². The summed E-state index contributed by atoms with van der Waals surface area (Å²) < 4.78 is 1.64. The highest BCUT2D eigenvalue weighted by Crippen LogP contribution is 2.27. The molecule has 0 aliphatic rings. The monoisotopic (exact) mass is 686 g/mol. The first kappa shape index (κ1) is 25.4. The molecule has 0 heterocycles.